The van der Waals surface area contributed by atoms with Gasteiger partial charge in [-0.05, 0) is 31.4 Å². The number of hydrogen-bond donors (Lipinski definition) is 2. The van der Waals surface area contributed by atoms with E-state index in [2.05, 4.69) is 42.5 Å². The van der Waals surface area contributed by atoms with Crippen molar-refractivity contribution in [3.63, 3.8) is 0 Å². The molecule has 2 rings (SSSR count). The largest absolute Gasteiger partial charge is 0.382 e. The summed E-state index contributed by atoms with van der Waals surface area (Å²) in [5, 5.41) is 6.85. The van der Waals surface area contributed by atoms with Gasteiger partial charge in [-0.1, -0.05) is 6.92 Å². The average molecular weight is 191 g/mol. The molecule has 3 heteroatoms. The predicted molar refractivity (Wildman–Crippen MR) is 59.7 cm³/mol. The van der Waals surface area contributed by atoms with Crippen LogP contribution < -0.4 is 10.6 Å². The van der Waals surface area contributed by atoms with Crippen LogP contribution in [0, 0.1) is 12.8 Å². The van der Waals surface area contributed by atoms with Gasteiger partial charge in [0.25, 0.3) is 0 Å². The molecule has 0 aliphatic carbocycles. The van der Waals surface area contributed by atoms with Crippen LogP contribution >= 0.6 is 0 Å². The molecule has 1 aliphatic heterocycles. The molecule has 0 radical (unpaired) electrons. The number of nitrogens with one attached hydrogen (secondary N) is 2. The van der Waals surface area contributed by atoms with Crippen LogP contribution in [0.15, 0.2) is 12.3 Å². The second-order valence-corrected chi connectivity index (χ2v) is 4.20. The van der Waals surface area contributed by atoms with Gasteiger partial charge < -0.3 is 10.6 Å². The number of fused-ring (bicyclic) bond motifs is 1. The third-order valence-electron chi connectivity index (χ3n) is 2.86. The lowest BCUT2D eigenvalue weighted by molar-refractivity contribution is 0.541. The number of rotatable bonds is 0. The molecule has 0 spiro atoms. The first-order valence-electron chi connectivity index (χ1n) is 5.14. The third-order valence-corrected chi connectivity index (χ3v) is 2.86. The fourth-order valence-electron chi connectivity index (χ4n) is 1.62. The van der Waals surface area contributed by atoms with Crippen molar-refractivity contribution in [2.75, 3.05) is 17.2 Å². The van der Waals surface area contributed by atoms with Crippen LogP contribution in [0.3, 0.4) is 0 Å². The van der Waals surface area contributed by atoms with E-state index in [9.17, 15) is 0 Å². The number of pyridine rings is 1. The maximum atomic E-state index is 4.39. The van der Waals surface area contributed by atoms with Crippen molar-refractivity contribution in [1.29, 1.82) is 0 Å². The summed E-state index contributed by atoms with van der Waals surface area (Å²) in [6.45, 7) is 7.51. The summed E-state index contributed by atoms with van der Waals surface area (Å²) in [5.41, 5.74) is 2.32. The van der Waals surface area contributed by atoms with E-state index in [1.165, 1.54) is 5.56 Å². The molecule has 2 atom stereocenters. The molecule has 14 heavy (non-hydrogen) atoms. The van der Waals surface area contributed by atoms with Crippen LogP contribution in [0.2, 0.25) is 0 Å². The van der Waals surface area contributed by atoms with Crippen LogP contribution in [-0.2, 0) is 0 Å². The highest BCUT2D eigenvalue weighted by molar-refractivity contribution is 5.66. The first kappa shape index (κ1) is 9.31. The van der Waals surface area contributed by atoms with Crippen molar-refractivity contribution < 1.29 is 0 Å². The van der Waals surface area contributed by atoms with E-state index in [0.717, 1.165) is 18.1 Å². The van der Waals surface area contributed by atoms with Gasteiger partial charge in [0.1, 0.15) is 5.82 Å². The summed E-state index contributed by atoms with van der Waals surface area (Å²) in [7, 11) is 0. The van der Waals surface area contributed by atoms with Gasteiger partial charge in [0.05, 0.1) is 5.69 Å². The van der Waals surface area contributed by atoms with Gasteiger partial charge in [-0.3, -0.25) is 0 Å². The van der Waals surface area contributed by atoms with Gasteiger partial charge in [0.15, 0.2) is 0 Å². The van der Waals surface area contributed by atoms with Crippen LogP contribution in [0.5, 0.6) is 0 Å². The number of anilines is 2. The van der Waals surface area contributed by atoms with Gasteiger partial charge in [-0.2, -0.15) is 0 Å². The summed E-state index contributed by atoms with van der Waals surface area (Å²) in [5.74, 6) is 1.59. The van der Waals surface area contributed by atoms with Crippen LogP contribution in [-0.4, -0.2) is 17.6 Å². The van der Waals surface area contributed by atoms with Crippen LogP contribution in [0.4, 0.5) is 11.5 Å². The van der Waals surface area contributed by atoms with Crippen molar-refractivity contribution in [3.8, 4) is 0 Å². The third kappa shape index (κ3) is 1.67. The number of nitrogens with zero attached hydrogens (tertiary/aromatic N) is 1. The van der Waals surface area contributed by atoms with E-state index in [1.807, 2.05) is 6.20 Å². The van der Waals surface area contributed by atoms with Gasteiger partial charge >= 0.3 is 0 Å². The Bertz CT molecular complexity index is 335. The Morgan fingerprint density at radius 3 is 3.00 bits per heavy atom. The zero-order chi connectivity index (χ0) is 10.1. The molecule has 2 heterocycles. The predicted octanol–water partition coefficient (Wildman–Crippen LogP) is 2.25. The minimum atomic E-state index is 0.471. The Morgan fingerprint density at radius 1 is 1.43 bits per heavy atom. The van der Waals surface area contributed by atoms with Crippen molar-refractivity contribution in [2.45, 2.75) is 26.8 Å². The molecule has 1 aliphatic rings. The molecule has 2 N–H and O–H groups in total. The maximum Gasteiger partial charge on any atom is 0.149 e. The van der Waals surface area contributed by atoms with E-state index < -0.39 is 0 Å². The van der Waals surface area contributed by atoms with Crippen molar-refractivity contribution >= 4 is 11.5 Å². The first-order chi connectivity index (χ1) is 6.66. The molecule has 0 saturated carbocycles. The molecule has 0 bridgehead atoms. The lowest BCUT2D eigenvalue weighted by Crippen LogP contribution is -2.25. The molecular weight excluding hydrogens is 174 g/mol. The summed E-state index contributed by atoms with van der Waals surface area (Å²) >= 11 is 0. The van der Waals surface area contributed by atoms with E-state index in [1.54, 1.807) is 0 Å². The molecule has 1 aromatic heterocycles. The van der Waals surface area contributed by atoms with Crippen molar-refractivity contribution in [2.24, 2.45) is 5.92 Å². The van der Waals surface area contributed by atoms with Crippen molar-refractivity contribution in [3.05, 3.63) is 17.8 Å². The zero-order valence-corrected chi connectivity index (χ0v) is 8.96. The Balaban J connectivity index is 2.33. The molecular formula is C11H17N3. The Morgan fingerprint density at radius 2 is 2.21 bits per heavy atom. The summed E-state index contributed by atoms with van der Waals surface area (Å²) in [6, 6.07) is 2.61. The maximum absolute atomic E-state index is 4.39. The smallest absolute Gasteiger partial charge is 0.149 e. The Hall–Kier alpha value is -1.25. The molecule has 0 saturated heterocycles. The number of aromatic nitrogens is 1. The van der Waals surface area contributed by atoms with E-state index >= 15 is 0 Å². The Labute approximate surface area is 84.9 Å². The number of aryl methyl sites for hydroxylation is 1. The normalized spacial score (nSPS) is 25.6. The summed E-state index contributed by atoms with van der Waals surface area (Å²) in [6.07, 6.45) is 1.90. The van der Waals surface area contributed by atoms with E-state index in [4.69, 9.17) is 0 Å². The standard InChI is InChI=1S/C11H17N3/c1-7-4-10-11(13-5-7)14-9(3)8(2)6-12-10/h4-5,8-9,12H,6H2,1-3H3,(H,13,14). The first-order valence-corrected chi connectivity index (χ1v) is 5.14. The molecule has 2 unspecified atom stereocenters. The van der Waals surface area contributed by atoms with Crippen molar-refractivity contribution in [1.82, 2.24) is 4.98 Å². The fourth-order valence-corrected chi connectivity index (χ4v) is 1.62. The van der Waals surface area contributed by atoms with E-state index in [0.29, 0.717) is 12.0 Å². The molecule has 3 nitrogen and oxygen atoms in total. The molecule has 0 amide bonds. The minimum Gasteiger partial charge on any atom is -0.382 e. The fraction of sp³-hybridized carbons (Fsp3) is 0.545. The second kappa shape index (κ2) is 3.48. The lowest BCUT2D eigenvalue weighted by atomic mass is 10.1. The Kier molecular flexibility index (Phi) is 2.32. The molecule has 76 valence electrons. The SMILES string of the molecule is Cc1cnc2c(c1)NCC(C)C(C)N2. The quantitative estimate of drug-likeness (QED) is 0.660. The highest BCUT2D eigenvalue weighted by Gasteiger charge is 2.18. The van der Waals surface area contributed by atoms with Crippen LogP contribution in [0.25, 0.3) is 0 Å². The highest BCUT2D eigenvalue weighted by atomic mass is 15.1. The summed E-state index contributed by atoms with van der Waals surface area (Å²) < 4.78 is 0. The topological polar surface area (TPSA) is 37.0 Å². The minimum absolute atomic E-state index is 0.471. The highest BCUT2D eigenvalue weighted by Crippen LogP contribution is 2.25. The zero-order valence-electron chi connectivity index (χ0n) is 8.96. The van der Waals surface area contributed by atoms with Crippen LogP contribution in [0.1, 0.15) is 19.4 Å². The van der Waals surface area contributed by atoms with E-state index in [-0.39, 0.29) is 0 Å². The molecule has 0 aromatic carbocycles. The average Bonchev–Trinajstić information content (AvgIpc) is 2.29. The monoisotopic (exact) mass is 191 g/mol. The number of hydrogen-bond acceptors (Lipinski definition) is 3. The van der Waals surface area contributed by atoms with Gasteiger partial charge in [-0.15, -0.1) is 0 Å². The lowest BCUT2D eigenvalue weighted by Gasteiger charge is -2.17. The van der Waals surface area contributed by atoms with Gasteiger partial charge in [-0.25, -0.2) is 4.98 Å². The van der Waals surface area contributed by atoms with Gasteiger partial charge in [0.2, 0.25) is 0 Å². The van der Waals surface area contributed by atoms with Gasteiger partial charge in [0, 0.05) is 18.8 Å². The molecule has 0 fully saturated rings. The summed E-state index contributed by atoms with van der Waals surface area (Å²) in [4.78, 5) is 4.39. The molecule has 1 aromatic rings. The second-order valence-electron chi connectivity index (χ2n) is 4.20.